The molecule has 0 saturated carbocycles. The van der Waals surface area contributed by atoms with Gasteiger partial charge in [0.25, 0.3) is 0 Å². The molecule has 15 heavy (non-hydrogen) atoms. The maximum atomic E-state index is 6.17. The van der Waals surface area contributed by atoms with Crippen LogP contribution < -0.4 is 0 Å². The molecule has 2 atom stereocenters. The van der Waals surface area contributed by atoms with Gasteiger partial charge in [-0.1, -0.05) is 24.3 Å². The summed E-state index contributed by atoms with van der Waals surface area (Å²) in [7, 11) is 0. The Kier molecular flexibility index (Phi) is 3.32. The lowest BCUT2D eigenvalue weighted by molar-refractivity contribution is 0.260. The lowest BCUT2D eigenvalue weighted by Gasteiger charge is -2.21. The predicted octanol–water partition coefficient (Wildman–Crippen LogP) is 3.20. The molecule has 1 aromatic carbocycles. The van der Waals surface area contributed by atoms with Gasteiger partial charge in [-0.2, -0.15) is 0 Å². The van der Waals surface area contributed by atoms with Gasteiger partial charge in [-0.15, -0.1) is 11.6 Å². The quantitative estimate of drug-likeness (QED) is 0.696. The second-order valence-electron chi connectivity index (χ2n) is 4.54. The molecule has 1 saturated heterocycles. The maximum Gasteiger partial charge on any atom is 0.0478 e. The van der Waals surface area contributed by atoms with Crippen molar-refractivity contribution in [1.29, 1.82) is 0 Å². The molecule has 0 N–H and O–H groups in total. The Morgan fingerprint density at radius 2 is 2.13 bits per heavy atom. The summed E-state index contributed by atoms with van der Waals surface area (Å²) < 4.78 is 0. The molecule has 0 amide bonds. The van der Waals surface area contributed by atoms with E-state index >= 15 is 0 Å². The fraction of sp³-hybridized carbons (Fsp3) is 0.538. The summed E-state index contributed by atoms with van der Waals surface area (Å²) in [6, 6.07) is 9.21. The van der Waals surface area contributed by atoms with Crippen molar-refractivity contribution in [3.63, 3.8) is 0 Å². The fourth-order valence-corrected chi connectivity index (χ4v) is 2.69. The highest BCUT2D eigenvalue weighted by Crippen LogP contribution is 2.24. The number of halogens is 1. The summed E-state index contributed by atoms with van der Waals surface area (Å²) in [5.74, 6) is 0. The van der Waals surface area contributed by atoms with Crippen LogP contribution in [-0.2, 0) is 6.54 Å². The average molecular weight is 224 g/mol. The van der Waals surface area contributed by atoms with Crippen LogP contribution in [0, 0.1) is 6.92 Å². The minimum atomic E-state index is 0.337. The number of likely N-dealkylation sites (tertiary alicyclic amines) is 1. The van der Waals surface area contributed by atoms with Crippen molar-refractivity contribution >= 4 is 11.6 Å². The molecule has 0 spiro atoms. The van der Waals surface area contributed by atoms with E-state index < -0.39 is 0 Å². The number of aryl methyl sites for hydroxylation is 1. The molecular formula is C13H18ClN. The number of hydrogen-bond donors (Lipinski definition) is 0. The molecule has 1 fully saturated rings. The van der Waals surface area contributed by atoms with E-state index in [2.05, 4.69) is 43.0 Å². The van der Waals surface area contributed by atoms with Gasteiger partial charge in [-0.05, 0) is 31.4 Å². The van der Waals surface area contributed by atoms with E-state index in [0.29, 0.717) is 11.4 Å². The number of alkyl halides is 1. The first-order valence-corrected chi connectivity index (χ1v) is 6.03. The van der Waals surface area contributed by atoms with Crippen LogP contribution in [0.15, 0.2) is 24.3 Å². The van der Waals surface area contributed by atoms with Gasteiger partial charge in [0.1, 0.15) is 0 Å². The molecule has 1 aliphatic rings. The average Bonchev–Trinajstić information content (AvgIpc) is 2.49. The summed E-state index contributed by atoms with van der Waals surface area (Å²) in [4.78, 5) is 2.47. The standard InChI is InChI=1S/C13H18ClN/c1-10-5-3-4-6-12(10)8-15-9-13(14)7-11(15)2/h3-6,11,13H,7-9H2,1-2H3. The van der Waals surface area contributed by atoms with Crippen LogP contribution in [0.4, 0.5) is 0 Å². The molecule has 2 heteroatoms. The van der Waals surface area contributed by atoms with Crippen molar-refractivity contribution in [3.05, 3.63) is 35.4 Å². The second-order valence-corrected chi connectivity index (χ2v) is 5.16. The van der Waals surface area contributed by atoms with Crippen LogP contribution in [0.1, 0.15) is 24.5 Å². The van der Waals surface area contributed by atoms with Gasteiger partial charge in [0.05, 0.1) is 0 Å². The SMILES string of the molecule is Cc1ccccc1CN1CC(Cl)CC1C. The molecule has 82 valence electrons. The normalized spacial score (nSPS) is 27.1. The van der Waals surface area contributed by atoms with E-state index in [-0.39, 0.29) is 0 Å². The highest BCUT2D eigenvalue weighted by atomic mass is 35.5. The van der Waals surface area contributed by atoms with Crippen molar-refractivity contribution in [1.82, 2.24) is 4.90 Å². The first kappa shape index (κ1) is 11.0. The first-order chi connectivity index (χ1) is 7.16. The van der Waals surface area contributed by atoms with Crippen LogP contribution in [0.3, 0.4) is 0 Å². The maximum absolute atomic E-state index is 6.17. The lowest BCUT2D eigenvalue weighted by atomic mass is 10.1. The molecule has 1 aliphatic heterocycles. The third-order valence-corrected chi connectivity index (χ3v) is 3.60. The number of rotatable bonds is 2. The Bertz CT molecular complexity index is 337. The van der Waals surface area contributed by atoms with Crippen LogP contribution >= 0.6 is 11.6 Å². The number of nitrogens with zero attached hydrogens (tertiary/aromatic N) is 1. The Morgan fingerprint density at radius 3 is 2.73 bits per heavy atom. The van der Waals surface area contributed by atoms with E-state index in [1.807, 2.05) is 0 Å². The molecular weight excluding hydrogens is 206 g/mol. The van der Waals surface area contributed by atoms with Gasteiger partial charge in [0, 0.05) is 24.5 Å². The molecule has 0 aliphatic carbocycles. The Morgan fingerprint density at radius 1 is 1.40 bits per heavy atom. The molecule has 0 radical (unpaired) electrons. The second kappa shape index (κ2) is 4.54. The van der Waals surface area contributed by atoms with Gasteiger partial charge in [-0.25, -0.2) is 0 Å². The molecule has 0 aromatic heterocycles. The van der Waals surface area contributed by atoms with E-state index in [1.54, 1.807) is 0 Å². The zero-order chi connectivity index (χ0) is 10.8. The monoisotopic (exact) mass is 223 g/mol. The highest BCUT2D eigenvalue weighted by Gasteiger charge is 2.27. The smallest absolute Gasteiger partial charge is 0.0478 e. The van der Waals surface area contributed by atoms with Gasteiger partial charge in [0.15, 0.2) is 0 Å². The van der Waals surface area contributed by atoms with Crippen LogP contribution in [0.2, 0.25) is 0 Å². The molecule has 1 aromatic rings. The van der Waals surface area contributed by atoms with Gasteiger partial charge < -0.3 is 0 Å². The van der Waals surface area contributed by atoms with Crippen molar-refractivity contribution in [2.45, 2.75) is 38.2 Å². The van der Waals surface area contributed by atoms with Crippen molar-refractivity contribution in [2.75, 3.05) is 6.54 Å². The topological polar surface area (TPSA) is 3.24 Å². The Balaban J connectivity index is 2.06. The fourth-order valence-electron chi connectivity index (χ4n) is 2.25. The van der Waals surface area contributed by atoms with Gasteiger partial charge in [0.2, 0.25) is 0 Å². The molecule has 1 heterocycles. The predicted molar refractivity (Wildman–Crippen MR) is 65.3 cm³/mol. The molecule has 2 unspecified atom stereocenters. The molecule has 2 rings (SSSR count). The molecule has 0 bridgehead atoms. The minimum Gasteiger partial charge on any atom is -0.295 e. The summed E-state index contributed by atoms with van der Waals surface area (Å²) in [6.45, 7) is 6.50. The van der Waals surface area contributed by atoms with Crippen molar-refractivity contribution in [3.8, 4) is 0 Å². The summed E-state index contributed by atoms with van der Waals surface area (Å²) in [5, 5.41) is 0.337. The van der Waals surface area contributed by atoms with Crippen LogP contribution in [0.5, 0.6) is 0 Å². The minimum absolute atomic E-state index is 0.337. The summed E-state index contributed by atoms with van der Waals surface area (Å²) in [6.07, 6.45) is 1.12. The van der Waals surface area contributed by atoms with Crippen LogP contribution in [0.25, 0.3) is 0 Å². The molecule has 1 nitrogen and oxygen atoms in total. The van der Waals surface area contributed by atoms with Crippen molar-refractivity contribution in [2.24, 2.45) is 0 Å². The Labute approximate surface area is 97.0 Å². The Hall–Kier alpha value is -0.530. The number of hydrogen-bond acceptors (Lipinski definition) is 1. The van der Waals surface area contributed by atoms with E-state index in [4.69, 9.17) is 11.6 Å². The zero-order valence-corrected chi connectivity index (χ0v) is 10.2. The first-order valence-electron chi connectivity index (χ1n) is 5.59. The third kappa shape index (κ3) is 2.53. The summed E-state index contributed by atoms with van der Waals surface area (Å²) in [5.41, 5.74) is 2.80. The van der Waals surface area contributed by atoms with E-state index in [9.17, 15) is 0 Å². The third-order valence-electron chi connectivity index (χ3n) is 3.29. The number of benzene rings is 1. The van der Waals surface area contributed by atoms with E-state index in [0.717, 1.165) is 19.5 Å². The van der Waals surface area contributed by atoms with E-state index in [1.165, 1.54) is 11.1 Å². The largest absolute Gasteiger partial charge is 0.295 e. The van der Waals surface area contributed by atoms with Gasteiger partial charge in [-0.3, -0.25) is 4.90 Å². The van der Waals surface area contributed by atoms with Crippen molar-refractivity contribution < 1.29 is 0 Å². The van der Waals surface area contributed by atoms with Gasteiger partial charge >= 0.3 is 0 Å². The zero-order valence-electron chi connectivity index (χ0n) is 9.41. The highest BCUT2D eigenvalue weighted by molar-refractivity contribution is 6.21. The lowest BCUT2D eigenvalue weighted by Crippen LogP contribution is -2.27. The van der Waals surface area contributed by atoms with Crippen LogP contribution in [-0.4, -0.2) is 22.9 Å². The summed E-state index contributed by atoms with van der Waals surface area (Å²) >= 11 is 6.17.